The van der Waals surface area contributed by atoms with Crippen molar-refractivity contribution in [3.05, 3.63) is 29.7 Å². The Labute approximate surface area is 58.6 Å². The highest BCUT2D eigenvalue weighted by atomic mass is 16.5. The molecular formula is C6H9NO3. The van der Waals surface area contributed by atoms with Gasteiger partial charge >= 0.3 is 0 Å². The number of ether oxygens (including phenoxy) is 1. The van der Waals surface area contributed by atoms with E-state index in [0.717, 1.165) is 0 Å². The summed E-state index contributed by atoms with van der Waals surface area (Å²) in [4.78, 5) is 0. The van der Waals surface area contributed by atoms with Crippen molar-refractivity contribution in [2.75, 3.05) is 7.11 Å². The summed E-state index contributed by atoms with van der Waals surface area (Å²) in [7, 11) is 1.56. The standard InChI is InChI=1S/C6H7NO2.H2O/c1-9-6-2-4-7(8)5-3-6;/h2-5H,1H3;1H2. The molecule has 0 atom stereocenters. The van der Waals surface area contributed by atoms with Crippen LogP contribution < -0.4 is 9.47 Å². The molecular weight excluding hydrogens is 134 g/mol. The lowest BCUT2D eigenvalue weighted by molar-refractivity contribution is -0.605. The summed E-state index contributed by atoms with van der Waals surface area (Å²) in [6.07, 6.45) is 2.78. The monoisotopic (exact) mass is 143 g/mol. The summed E-state index contributed by atoms with van der Waals surface area (Å²) >= 11 is 0. The van der Waals surface area contributed by atoms with Gasteiger partial charge in [0.15, 0.2) is 12.4 Å². The number of nitrogens with zero attached hydrogens (tertiary/aromatic N) is 1. The molecule has 0 bridgehead atoms. The van der Waals surface area contributed by atoms with Crippen LogP contribution in [-0.4, -0.2) is 12.6 Å². The minimum atomic E-state index is 0. The van der Waals surface area contributed by atoms with Crippen LogP contribution in [0.15, 0.2) is 24.5 Å². The lowest BCUT2D eigenvalue weighted by Gasteiger charge is -1.96. The molecule has 2 N–H and O–H groups in total. The van der Waals surface area contributed by atoms with Crippen LogP contribution in [-0.2, 0) is 0 Å². The fraction of sp³-hybridized carbons (Fsp3) is 0.167. The molecule has 0 amide bonds. The second-order valence-corrected chi connectivity index (χ2v) is 1.60. The molecule has 0 aliphatic carbocycles. The second kappa shape index (κ2) is 3.68. The van der Waals surface area contributed by atoms with E-state index in [2.05, 4.69) is 0 Å². The maximum atomic E-state index is 10.4. The summed E-state index contributed by atoms with van der Waals surface area (Å²) in [5.74, 6) is 0.696. The van der Waals surface area contributed by atoms with E-state index in [-0.39, 0.29) is 5.48 Å². The lowest BCUT2D eigenvalue weighted by Crippen LogP contribution is -2.23. The Morgan fingerprint density at radius 3 is 2.30 bits per heavy atom. The zero-order valence-electron chi connectivity index (χ0n) is 5.57. The van der Waals surface area contributed by atoms with Crippen LogP contribution in [0, 0.1) is 5.21 Å². The van der Waals surface area contributed by atoms with Gasteiger partial charge in [-0.3, -0.25) is 0 Å². The third kappa shape index (κ3) is 1.91. The molecule has 10 heavy (non-hydrogen) atoms. The van der Waals surface area contributed by atoms with Gasteiger partial charge in [-0.2, -0.15) is 4.73 Å². The van der Waals surface area contributed by atoms with Crippen LogP contribution in [0.1, 0.15) is 0 Å². The third-order valence-electron chi connectivity index (χ3n) is 1.01. The Hall–Kier alpha value is -1.29. The number of methoxy groups -OCH3 is 1. The smallest absolute Gasteiger partial charge is 0.184 e. The molecule has 0 aliphatic rings. The number of hydrogen-bond acceptors (Lipinski definition) is 2. The van der Waals surface area contributed by atoms with E-state index >= 15 is 0 Å². The van der Waals surface area contributed by atoms with Crippen LogP contribution in [0.25, 0.3) is 0 Å². The summed E-state index contributed by atoms with van der Waals surface area (Å²) in [5.41, 5.74) is 0. The van der Waals surface area contributed by atoms with E-state index < -0.39 is 0 Å². The van der Waals surface area contributed by atoms with Crippen molar-refractivity contribution in [2.24, 2.45) is 0 Å². The van der Waals surface area contributed by atoms with Gasteiger partial charge in [-0.05, 0) is 0 Å². The third-order valence-corrected chi connectivity index (χ3v) is 1.01. The zero-order chi connectivity index (χ0) is 6.69. The molecule has 4 heteroatoms. The highest BCUT2D eigenvalue weighted by molar-refractivity contribution is 5.14. The summed E-state index contributed by atoms with van der Waals surface area (Å²) in [5, 5.41) is 10.4. The molecule has 0 saturated carbocycles. The molecule has 1 heterocycles. The van der Waals surface area contributed by atoms with Crippen LogP contribution in [0.5, 0.6) is 5.75 Å². The molecule has 0 unspecified atom stereocenters. The van der Waals surface area contributed by atoms with Gasteiger partial charge < -0.3 is 15.4 Å². The Balaban J connectivity index is 0.000000810. The van der Waals surface area contributed by atoms with Crippen molar-refractivity contribution in [2.45, 2.75) is 0 Å². The van der Waals surface area contributed by atoms with E-state index in [1.165, 1.54) is 12.4 Å². The second-order valence-electron chi connectivity index (χ2n) is 1.60. The first-order valence-electron chi connectivity index (χ1n) is 2.56. The first-order chi connectivity index (χ1) is 4.33. The minimum absolute atomic E-state index is 0. The number of pyridine rings is 1. The molecule has 0 fully saturated rings. The number of aromatic nitrogens is 1. The fourth-order valence-electron chi connectivity index (χ4n) is 0.535. The quantitative estimate of drug-likeness (QED) is 0.393. The number of rotatable bonds is 1. The Morgan fingerprint density at radius 2 is 1.90 bits per heavy atom. The summed E-state index contributed by atoms with van der Waals surface area (Å²) in [6, 6.07) is 3.21. The minimum Gasteiger partial charge on any atom is -0.619 e. The van der Waals surface area contributed by atoms with Crippen molar-refractivity contribution in [3.8, 4) is 5.75 Å². The van der Waals surface area contributed by atoms with Gasteiger partial charge in [0, 0.05) is 12.1 Å². The van der Waals surface area contributed by atoms with E-state index in [9.17, 15) is 5.21 Å². The largest absolute Gasteiger partial charge is 0.619 e. The molecule has 4 nitrogen and oxygen atoms in total. The molecule has 56 valence electrons. The van der Waals surface area contributed by atoms with Crippen LogP contribution in [0.2, 0.25) is 0 Å². The SMILES string of the molecule is COc1cc[n+]([O-])cc1.O. The van der Waals surface area contributed by atoms with Gasteiger partial charge in [-0.1, -0.05) is 0 Å². The molecule has 1 rings (SSSR count). The van der Waals surface area contributed by atoms with Crippen LogP contribution in [0.4, 0.5) is 0 Å². The maximum absolute atomic E-state index is 10.4. The van der Waals surface area contributed by atoms with Gasteiger partial charge in [0.05, 0.1) is 7.11 Å². The van der Waals surface area contributed by atoms with Gasteiger partial charge in [-0.15, -0.1) is 0 Å². The van der Waals surface area contributed by atoms with Gasteiger partial charge in [-0.25, -0.2) is 0 Å². The van der Waals surface area contributed by atoms with E-state index in [1.54, 1.807) is 19.2 Å². The number of hydrogen-bond donors (Lipinski definition) is 0. The van der Waals surface area contributed by atoms with Crippen molar-refractivity contribution in [3.63, 3.8) is 0 Å². The highest BCUT2D eigenvalue weighted by Gasteiger charge is 1.89. The Kier molecular flexibility index (Phi) is 3.21. The van der Waals surface area contributed by atoms with Gasteiger partial charge in [0.1, 0.15) is 5.75 Å². The normalized spacial score (nSPS) is 8.10. The molecule has 0 radical (unpaired) electrons. The zero-order valence-corrected chi connectivity index (χ0v) is 5.57. The molecule has 1 aromatic heterocycles. The van der Waals surface area contributed by atoms with Crippen LogP contribution in [0.3, 0.4) is 0 Å². The van der Waals surface area contributed by atoms with Crippen molar-refractivity contribution < 1.29 is 14.9 Å². The predicted molar refractivity (Wildman–Crippen MR) is 35.6 cm³/mol. The predicted octanol–water partition coefficient (Wildman–Crippen LogP) is -0.496. The van der Waals surface area contributed by atoms with E-state index in [0.29, 0.717) is 10.5 Å². The fourth-order valence-corrected chi connectivity index (χ4v) is 0.535. The average Bonchev–Trinajstić information content (AvgIpc) is 1.90. The van der Waals surface area contributed by atoms with Crippen molar-refractivity contribution >= 4 is 0 Å². The molecule has 0 spiro atoms. The van der Waals surface area contributed by atoms with Crippen LogP contribution >= 0.6 is 0 Å². The average molecular weight is 143 g/mol. The lowest BCUT2D eigenvalue weighted by atomic mass is 10.5. The van der Waals surface area contributed by atoms with E-state index in [4.69, 9.17) is 4.74 Å². The Morgan fingerprint density at radius 1 is 1.40 bits per heavy atom. The van der Waals surface area contributed by atoms with E-state index in [1.807, 2.05) is 0 Å². The maximum Gasteiger partial charge on any atom is 0.184 e. The first-order valence-corrected chi connectivity index (χ1v) is 2.56. The molecule has 0 aliphatic heterocycles. The molecule has 0 aromatic carbocycles. The van der Waals surface area contributed by atoms with Gasteiger partial charge in [0.2, 0.25) is 0 Å². The van der Waals surface area contributed by atoms with Gasteiger partial charge in [0.25, 0.3) is 0 Å². The summed E-state index contributed by atoms with van der Waals surface area (Å²) in [6.45, 7) is 0. The Bertz CT molecular complexity index is 185. The van der Waals surface area contributed by atoms with Crippen molar-refractivity contribution in [1.82, 2.24) is 0 Å². The molecule has 0 saturated heterocycles. The first kappa shape index (κ1) is 8.71. The van der Waals surface area contributed by atoms with Crippen molar-refractivity contribution in [1.29, 1.82) is 0 Å². The topological polar surface area (TPSA) is 67.7 Å². The molecule has 1 aromatic rings. The summed E-state index contributed by atoms with van der Waals surface area (Å²) < 4.78 is 5.53. The highest BCUT2D eigenvalue weighted by Crippen LogP contribution is 2.02.